The van der Waals surface area contributed by atoms with Crippen molar-refractivity contribution in [3.8, 4) is 0 Å². The summed E-state index contributed by atoms with van der Waals surface area (Å²) in [6, 6.07) is 6.98. The summed E-state index contributed by atoms with van der Waals surface area (Å²) in [7, 11) is 3.68. The number of nitrogens with zero attached hydrogens (tertiary/aromatic N) is 2. The van der Waals surface area contributed by atoms with Crippen LogP contribution in [0, 0.1) is 17.3 Å². The predicted octanol–water partition coefficient (Wildman–Crippen LogP) is 4.79. The van der Waals surface area contributed by atoms with Gasteiger partial charge in [0.15, 0.2) is 0 Å². The fourth-order valence-electron chi connectivity index (χ4n) is 4.61. The van der Waals surface area contributed by atoms with E-state index in [1.807, 2.05) is 60.7 Å². The first-order valence-corrected chi connectivity index (χ1v) is 12.7. The van der Waals surface area contributed by atoms with E-state index in [1.54, 1.807) is 18.0 Å². The van der Waals surface area contributed by atoms with Crippen LogP contribution < -0.4 is 5.32 Å². The molecule has 0 aliphatic rings. The van der Waals surface area contributed by atoms with Crippen LogP contribution in [0.1, 0.15) is 60.5 Å². The van der Waals surface area contributed by atoms with E-state index in [0.29, 0.717) is 12.8 Å². The molecule has 198 valence electrons. The highest BCUT2D eigenvalue weighted by Crippen LogP contribution is 2.27. The van der Waals surface area contributed by atoms with Gasteiger partial charge in [-0.1, -0.05) is 65.8 Å². The van der Waals surface area contributed by atoms with Crippen molar-refractivity contribution in [1.29, 1.82) is 0 Å². The first-order chi connectivity index (χ1) is 16.7. The molecular weight excluding hydrogens is 454 g/mol. The maximum absolute atomic E-state index is 13.7. The zero-order valence-electron chi connectivity index (χ0n) is 23.3. The smallest absolute Gasteiger partial charge is 0.331 e. The molecule has 7 nitrogen and oxygen atoms in total. The summed E-state index contributed by atoms with van der Waals surface area (Å²) in [5.74, 6) is -1.68. The molecular formula is C29H43N3O4. The molecule has 0 saturated carbocycles. The third-order valence-corrected chi connectivity index (χ3v) is 6.94. The Morgan fingerprint density at radius 2 is 1.78 bits per heavy atom. The normalized spacial score (nSPS) is 15.0. The Kier molecular flexibility index (Phi) is 9.52. The molecule has 0 saturated heterocycles. The van der Waals surface area contributed by atoms with Gasteiger partial charge in [-0.05, 0) is 42.7 Å². The third-order valence-electron chi connectivity index (χ3n) is 6.94. The number of benzene rings is 1. The minimum atomic E-state index is -1.01. The Labute approximate surface area is 215 Å². The quantitative estimate of drug-likeness (QED) is 0.462. The Morgan fingerprint density at radius 3 is 2.31 bits per heavy atom. The molecule has 7 heteroatoms. The van der Waals surface area contributed by atoms with E-state index in [0.717, 1.165) is 16.5 Å². The van der Waals surface area contributed by atoms with E-state index in [2.05, 4.69) is 28.2 Å². The van der Waals surface area contributed by atoms with Crippen LogP contribution in [0.25, 0.3) is 10.9 Å². The lowest BCUT2D eigenvalue weighted by Crippen LogP contribution is -2.57. The van der Waals surface area contributed by atoms with Crippen LogP contribution in [0.3, 0.4) is 0 Å². The molecule has 0 aliphatic heterocycles. The van der Waals surface area contributed by atoms with Crippen molar-refractivity contribution in [3.05, 3.63) is 47.7 Å². The number of carbonyl (C=O) groups excluding carboxylic acids is 2. The summed E-state index contributed by atoms with van der Waals surface area (Å²) >= 11 is 0. The summed E-state index contributed by atoms with van der Waals surface area (Å²) in [5, 5.41) is 13.5. The van der Waals surface area contributed by atoms with Gasteiger partial charge in [-0.2, -0.15) is 0 Å². The molecule has 0 radical (unpaired) electrons. The molecule has 36 heavy (non-hydrogen) atoms. The SMILES string of the molecule is CC[C@@H](Cc1cn(C)c2ccccc12)C(=O)NC(C(=O)N(C)[C@H](/C=C(\C)C(=O)O)C(C)C)C(C)(C)C. The van der Waals surface area contributed by atoms with Crippen LogP contribution >= 0.6 is 0 Å². The summed E-state index contributed by atoms with van der Waals surface area (Å²) in [5.41, 5.74) is 1.88. The van der Waals surface area contributed by atoms with Crippen LogP contribution in [0.2, 0.25) is 0 Å². The van der Waals surface area contributed by atoms with Gasteiger partial charge >= 0.3 is 5.97 Å². The summed E-state index contributed by atoms with van der Waals surface area (Å²) in [4.78, 5) is 40.2. The third kappa shape index (κ3) is 6.77. The molecule has 3 atom stereocenters. The maximum atomic E-state index is 13.7. The van der Waals surface area contributed by atoms with E-state index < -0.39 is 23.5 Å². The second kappa shape index (κ2) is 11.8. The van der Waals surface area contributed by atoms with Gasteiger partial charge in [-0.15, -0.1) is 0 Å². The molecule has 1 aromatic carbocycles. The highest BCUT2D eigenvalue weighted by Gasteiger charge is 2.38. The van der Waals surface area contributed by atoms with E-state index >= 15 is 0 Å². The molecule has 2 aromatic rings. The number of rotatable bonds is 10. The molecule has 0 spiro atoms. The monoisotopic (exact) mass is 497 g/mol. The second-order valence-corrected chi connectivity index (χ2v) is 11.2. The number of likely N-dealkylation sites (N-methyl/N-ethyl adjacent to an activating group) is 1. The van der Waals surface area contributed by atoms with Gasteiger partial charge in [-0.3, -0.25) is 9.59 Å². The average molecular weight is 498 g/mol. The van der Waals surface area contributed by atoms with Crippen LogP contribution in [-0.4, -0.2) is 51.5 Å². The molecule has 1 unspecified atom stereocenters. The lowest BCUT2D eigenvalue weighted by atomic mass is 9.84. The topological polar surface area (TPSA) is 91.6 Å². The predicted molar refractivity (Wildman–Crippen MR) is 145 cm³/mol. The van der Waals surface area contributed by atoms with E-state index in [9.17, 15) is 19.5 Å². The largest absolute Gasteiger partial charge is 0.478 e. The Balaban J connectivity index is 2.30. The summed E-state index contributed by atoms with van der Waals surface area (Å²) in [6.45, 7) is 13.2. The number of fused-ring (bicyclic) bond motifs is 1. The minimum absolute atomic E-state index is 0.000628. The average Bonchev–Trinajstić information content (AvgIpc) is 3.12. The highest BCUT2D eigenvalue weighted by atomic mass is 16.4. The molecule has 0 aliphatic carbocycles. The highest BCUT2D eigenvalue weighted by molar-refractivity contribution is 5.91. The van der Waals surface area contributed by atoms with E-state index in [4.69, 9.17) is 0 Å². The van der Waals surface area contributed by atoms with Gasteiger partial charge in [0, 0.05) is 42.7 Å². The van der Waals surface area contributed by atoms with Crippen molar-refractivity contribution >= 4 is 28.7 Å². The lowest BCUT2D eigenvalue weighted by molar-refractivity contribution is -0.141. The van der Waals surface area contributed by atoms with Crippen molar-refractivity contribution < 1.29 is 19.5 Å². The van der Waals surface area contributed by atoms with Gasteiger partial charge in [0.1, 0.15) is 6.04 Å². The molecule has 0 fully saturated rings. The first-order valence-electron chi connectivity index (χ1n) is 12.7. The number of amides is 2. The molecule has 2 amide bonds. The number of hydrogen-bond acceptors (Lipinski definition) is 3. The van der Waals surface area contributed by atoms with E-state index in [1.165, 1.54) is 6.92 Å². The van der Waals surface area contributed by atoms with Gasteiger partial charge < -0.3 is 19.9 Å². The maximum Gasteiger partial charge on any atom is 0.331 e. The van der Waals surface area contributed by atoms with Crippen LogP contribution in [0.5, 0.6) is 0 Å². The Bertz CT molecular complexity index is 1120. The minimum Gasteiger partial charge on any atom is -0.478 e. The van der Waals surface area contributed by atoms with Crippen molar-refractivity contribution in [3.63, 3.8) is 0 Å². The number of aliphatic carboxylic acids is 1. The number of carboxylic acids is 1. The number of carbonyl (C=O) groups is 3. The zero-order chi connectivity index (χ0) is 27.4. The lowest BCUT2D eigenvalue weighted by Gasteiger charge is -2.38. The number of para-hydroxylation sites is 1. The van der Waals surface area contributed by atoms with Gasteiger partial charge in [0.2, 0.25) is 11.8 Å². The fraction of sp³-hybridized carbons (Fsp3) is 0.552. The van der Waals surface area contributed by atoms with Gasteiger partial charge in [0.05, 0.1) is 6.04 Å². The van der Waals surface area contributed by atoms with Crippen LogP contribution in [0.15, 0.2) is 42.1 Å². The first kappa shape index (κ1) is 29.1. The van der Waals surface area contributed by atoms with Crippen molar-refractivity contribution in [2.24, 2.45) is 24.3 Å². The van der Waals surface area contributed by atoms with Crippen molar-refractivity contribution in [1.82, 2.24) is 14.8 Å². The molecule has 1 heterocycles. The number of aryl methyl sites for hydroxylation is 1. The van der Waals surface area contributed by atoms with Crippen molar-refractivity contribution in [2.75, 3.05) is 7.05 Å². The summed E-state index contributed by atoms with van der Waals surface area (Å²) < 4.78 is 2.07. The molecule has 1 aromatic heterocycles. The van der Waals surface area contributed by atoms with Gasteiger partial charge in [0.25, 0.3) is 0 Å². The summed E-state index contributed by atoms with van der Waals surface area (Å²) in [6.07, 6.45) is 4.91. The molecule has 2 rings (SSSR count). The standard InChI is InChI=1S/C29H43N3O4/c1-10-20(16-21-17-31(8)23-14-12-11-13-22(21)23)26(33)30-25(29(5,6)7)27(34)32(9)24(18(2)3)15-19(4)28(35)36/h11-15,17-18,20,24-25H,10,16H2,1-9H3,(H,30,33)(H,35,36)/b19-15+/t20-,24+,25?/m0/s1. The molecule has 2 N–H and O–H groups in total. The zero-order valence-corrected chi connectivity index (χ0v) is 23.3. The van der Waals surface area contributed by atoms with Crippen molar-refractivity contribution in [2.45, 2.75) is 73.4 Å². The molecule has 0 bridgehead atoms. The van der Waals surface area contributed by atoms with E-state index in [-0.39, 0.29) is 29.2 Å². The Hall–Kier alpha value is -3.09. The second-order valence-electron chi connectivity index (χ2n) is 11.2. The van der Waals surface area contributed by atoms with Gasteiger partial charge in [-0.25, -0.2) is 4.79 Å². The number of carboxylic acid groups (broad SMARTS) is 1. The number of nitrogens with one attached hydrogen (secondary N) is 1. The van der Waals surface area contributed by atoms with Crippen LogP contribution in [0.4, 0.5) is 0 Å². The number of aromatic nitrogens is 1. The fourth-order valence-corrected chi connectivity index (χ4v) is 4.61. The Morgan fingerprint density at radius 1 is 1.17 bits per heavy atom. The van der Waals surface area contributed by atoms with Crippen LogP contribution in [-0.2, 0) is 27.9 Å². The number of hydrogen-bond donors (Lipinski definition) is 2.